The lowest BCUT2D eigenvalue weighted by molar-refractivity contribution is 0.0999. The summed E-state index contributed by atoms with van der Waals surface area (Å²) < 4.78 is 1.69. The Morgan fingerprint density at radius 1 is 1.29 bits per heavy atom. The van der Waals surface area contributed by atoms with Crippen LogP contribution in [0.2, 0.25) is 5.02 Å². The topological polar surface area (TPSA) is 90.9 Å². The van der Waals surface area contributed by atoms with Crippen LogP contribution in [0.3, 0.4) is 0 Å². The number of fused-ring (bicyclic) bond motifs is 1. The van der Waals surface area contributed by atoms with Gasteiger partial charge in [-0.1, -0.05) is 11.6 Å². The van der Waals surface area contributed by atoms with E-state index in [9.17, 15) is 9.59 Å². The Labute approximate surface area is 124 Å². The Kier molecular flexibility index (Phi) is 3.15. The molecule has 0 radical (unpaired) electrons. The number of hydrogen-bond acceptors (Lipinski definition) is 4. The molecule has 0 unspecified atom stereocenters. The molecule has 0 fully saturated rings. The molecular formula is C14H9ClN4O2. The molecule has 0 atom stereocenters. The van der Waals surface area contributed by atoms with Gasteiger partial charge in [-0.15, -0.1) is 0 Å². The van der Waals surface area contributed by atoms with Crippen LogP contribution in [0.15, 0.2) is 36.9 Å². The second-order valence-corrected chi connectivity index (χ2v) is 4.81. The molecule has 21 heavy (non-hydrogen) atoms. The van der Waals surface area contributed by atoms with Gasteiger partial charge in [0.15, 0.2) is 6.29 Å². The highest BCUT2D eigenvalue weighted by atomic mass is 35.5. The quantitative estimate of drug-likeness (QED) is 0.749. The third-order valence-corrected chi connectivity index (χ3v) is 3.34. The van der Waals surface area contributed by atoms with E-state index in [1.165, 1.54) is 12.4 Å². The van der Waals surface area contributed by atoms with Crippen molar-refractivity contribution in [2.24, 2.45) is 5.73 Å². The number of amides is 1. The molecule has 0 saturated carbocycles. The molecule has 6 nitrogen and oxygen atoms in total. The van der Waals surface area contributed by atoms with Gasteiger partial charge in [0.2, 0.25) is 5.91 Å². The van der Waals surface area contributed by atoms with E-state index < -0.39 is 5.91 Å². The molecule has 0 aliphatic rings. The number of carbonyl (C=O) groups is 2. The van der Waals surface area contributed by atoms with Crippen molar-refractivity contribution in [3.8, 4) is 5.69 Å². The fraction of sp³-hybridized carbons (Fsp3) is 0. The Morgan fingerprint density at radius 3 is 2.81 bits per heavy atom. The molecule has 104 valence electrons. The Bertz CT molecular complexity index is 873. The molecule has 0 aromatic carbocycles. The lowest BCUT2D eigenvalue weighted by atomic mass is 10.2. The molecule has 0 aliphatic heterocycles. The summed E-state index contributed by atoms with van der Waals surface area (Å²) in [6.45, 7) is 0. The summed E-state index contributed by atoms with van der Waals surface area (Å²) in [6, 6.07) is 3.25. The van der Waals surface area contributed by atoms with Crippen LogP contribution in [0.4, 0.5) is 0 Å². The van der Waals surface area contributed by atoms with Gasteiger partial charge in [0, 0.05) is 29.5 Å². The minimum Gasteiger partial charge on any atom is -0.366 e. The molecule has 3 aromatic heterocycles. The molecule has 0 aliphatic carbocycles. The molecule has 0 spiro atoms. The van der Waals surface area contributed by atoms with Crippen LogP contribution in [-0.2, 0) is 0 Å². The number of pyridine rings is 2. The monoisotopic (exact) mass is 300 g/mol. The van der Waals surface area contributed by atoms with Crippen molar-refractivity contribution in [1.82, 2.24) is 14.5 Å². The Hall–Kier alpha value is -2.73. The van der Waals surface area contributed by atoms with Crippen LogP contribution in [0.1, 0.15) is 20.7 Å². The maximum absolute atomic E-state index is 11.2. The number of aldehydes is 1. The van der Waals surface area contributed by atoms with Crippen molar-refractivity contribution in [2.45, 2.75) is 0 Å². The lowest BCUT2D eigenvalue weighted by Crippen LogP contribution is -2.11. The van der Waals surface area contributed by atoms with Gasteiger partial charge in [-0.05, 0) is 12.1 Å². The fourth-order valence-corrected chi connectivity index (χ4v) is 2.28. The number of primary amides is 1. The van der Waals surface area contributed by atoms with E-state index in [4.69, 9.17) is 17.3 Å². The van der Waals surface area contributed by atoms with Crippen LogP contribution < -0.4 is 5.73 Å². The average Bonchev–Trinajstić information content (AvgIpc) is 2.84. The van der Waals surface area contributed by atoms with E-state index in [1.54, 1.807) is 29.1 Å². The van der Waals surface area contributed by atoms with Crippen molar-refractivity contribution in [3.05, 3.63) is 53.1 Å². The summed E-state index contributed by atoms with van der Waals surface area (Å²) >= 11 is 6.17. The van der Waals surface area contributed by atoms with E-state index in [0.29, 0.717) is 33.6 Å². The minimum absolute atomic E-state index is 0.287. The SMILES string of the molecule is NC(=O)c1cncc(-n2cc(Cl)c3cc(C=O)cnc32)c1. The first-order valence-corrected chi connectivity index (χ1v) is 6.35. The number of nitrogens with zero attached hydrogens (tertiary/aromatic N) is 3. The van der Waals surface area contributed by atoms with Gasteiger partial charge < -0.3 is 5.73 Å². The molecule has 3 heterocycles. The number of carbonyl (C=O) groups excluding carboxylic acids is 2. The van der Waals surface area contributed by atoms with E-state index in [-0.39, 0.29) is 5.56 Å². The van der Waals surface area contributed by atoms with Crippen LogP contribution in [0, 0.1) is 0 Å². The minimum atomic E-state index is -0.567. The first-order chi connectivity index (χ1) is 10.1. The summed E-state index contributed by atoms with van der Waals surface area (Å²) in [4.78, 5) is 30.2. The number of hydrogen-bond donors (Lipinski definition) is 1. The third-order valence-electron chi connectivity index (χ3n) is 3.04. The van der Waals surface area contributed by atoms with E-state index >= 15 is 0 Å². The average molecular weight is 301 g/mol. The first kappa shape index (κ1) is 13.3. The molecule has 3 rings (SSSR count). The normalized spacial score (nSPS) is 10.7. The first-order valence-electron chi connectivity index (χ1n) is 5.97. The molecule has 2 N–H and O–H groups in total. The van der Waals surface area contributed by atoms with Gasteiger partial charge in [-0.3, -0.25) is 19.1 Å². The highest BCUT2D eigenvalue weighted by Gasteiger charge is 2.12. The van der Waals surface area contributed by atoms with E-state index in [0.717, 1.165) is 0 Å². The summed E-state index contributed by atoms with van der Waals surface area (Å²) in [6.07, 6.45) is 6.76. The lowest BCUT2D eigenvalue weighted by Gasteiger charge is -2.05. The smallest absolute Gasteiger partial charge is 0.250 e. The molecule has 1 amide bonds. The van der Waals surface area contributed by atoms with Crippen LogP contribution in [0.25, 0.3) is 16.7 Å². The van der Waals surface area contributed by atoms with Crippen LogP contribution in [0.5, 0.6) is 0 Å². The number of nitrogens with two attached hydrogens (primary N) is 1. The largest absolute Gasteiger partial charge is 0.366 e. The van der Waals surface area contributed by atoms with Crippen LogP contribution in [-0.4, -0.2) is 26.7 Å². The zero-order valence-electron chi connectivity index (χ0n) is 10.7. The fourth-order valence-electron chi connectivity index (χ4n) is 2.04. The Balaban J connectivity index is 2.23. The van der Waals surface area contributed by atoms with Gasteiger partial charge >= 0.3 is 0 Å². The second-order valence-electron chi connectivity index (χ2n) is 4.40. The number of rotatable bonds is 3. The van der Waals surface area contributed by atoms with Gasteiger partial charge in [0.25, 0.3) is 0 Å². The third kappa shape index (κ3) is 2.25. The van der Waals surface area contributed by atoms with Crippen molar-refractivity contribution in [3.63, 3.8) is 0 Å². The van der Waals surface area contributed by atoms with Gasteiger partial charge in [-0.25, -0.2) is 4.98 Å². The predicted molar refractivity (Wildman–Crippen MR) is 77.8 cm³/mol. The van der Waals surface area contributed by atoms with Gasteiger partial charge in [0.05, 0.1) is 22.5 Å². The van der Waals surface area contributed by atoms with Gasteiger partial charge in [0.1, 0.15) is 5.65 Å². The Morgan fingerprint density at radius 2 is 2.10 bits per heavy atom. The van der Waals surface area contributed by atoms with Gasteiger partial charge in [-0.2, -0.15) is 0 Å². The van der Waals surface area contributed by atoms with Crippen molar-refractivity contribution in [2.75, 3.05) is 0 Å². The molecule has 3 aromatic rings. The zero-order valence-corrected chi connectivity index (χ0v) is 11.4. The van der Waals surface area contributed by atoms with Crippen molar-refractivity contribution >= 4 is 34.8 Å². The summed E-state index contributed by atoms with van der Waals surface area (Å²) in [5.74, 6) is -0.567. The van der Waals surface area contributed by atoms with Crippen LogP contribution >= 0.6 is 11.6 Å². The molecular weight excluding hydrogens is 292 g/mol. The van der Waals surface area contributed by atoms with E-state index in [1.807, 2.05) is 0 Å². The highest BCUT2D eigenvalue weighted by molar-refractivity contribution is 6.35. The standard InChI is InChI=1S/C14H9ClN4O2/c15-12-6-19(10-2-9(13(16)21)4-17-5-10)14-11(12)1-8(7-20)3-18-14/h1-7H,(H2,16,21). The van der Waals surface area contributed by atoms with Crippen molar-refractivity contribution in [1.29, 1.82) is 0 Å². The summed E-state index contributed by atoms with van der Waals surface area (Å²) in [5.41, 5.74) is 7.14. The maximum atomic E-state index is 11.2. The molecule has 7 heteroatoms. The zero-order chi connectivity index (χ0) is 15.0. The highest BCUT2D eigenvalue weighted by Crippen LogP contribution is 2.27. The number of halogens is 1. The maximum Gasteiger partial charge on any atom is 0.250 e. The predicted octanol–water partition coefficient (Wildman–Crippen LogP) is 1.99. The van der Waals surface area contributed by atoms with Crippen molar-refractivity contribution < 1.29 is 9.59 Å². The second kappa shape index (κ2) is 4.99. The van der Waals surface area contributed by atoms with E-state index in [2.05, 4.69) is 9.97 Å². The summed E-state index contributed by atoms with van der Waals surface area (Å²) in [5, 5.41) is 1.09. The molecule has 0 bridgehead atoms. The summed E-state index contributed by atoms with van der Waals surface area (Å²) in [7, 11) is 0. The number of aromatic nitrogens is 3. The molecule has 0 saturated heterocycles.